The zero-order valence-corrected chi connectivity index (χ0v) is 12.9. The van der Waals surface area contributed by atoms with Gasteiger partial charge in [0.25, 0.3) is 5.88 Å². The van der Waals surface area contributed by atoms with Crippen LogP contribution in [0, 0.1) is 5.82 Å². The third-order valence-electron chi connectivity index (χ3n) is 4.49. The Morgan fingerprint density at radius 1 is 1.26 bits per heavy atom. The molecule has 0 bridgehead atoms. The molecule has 5 nitrogen and oxygen atoms in total. The predicted molar refractivity (Wildman–Crippen MR) is 81.6 cm³/mol. The SMILES string of the molecule is Fc1cccnc1OC1CCN(Cc2cc(C3CC3)no2)CC1. The van der Waals surface area contributed by atoms with Gasteiger partial charge in [-0.05, 0) is 37.8 Å². The van der Waals surface area contributed by atoms with Crippen LogP contribution in [0.4, 0.5) is 4.39 Å². The van der Waals surface area contributed by atoms with Gasteiger partial charge >= 0.3 is 0 Å². The highest BCUT2D eigenvalue weighted by molar-refractivity contribution is 5.15. The van der Waals surface area contributed by atoms with Gasteiger partial charge in [-0.2, -0.15) is 0 Å². The molecule has 0 unspecified atom stereocenters. The number of aromatic nitrogens is 2. The topological polar surface area (TPSA) is 51.4 Å². The molecular weight excluding hydrogens is 297 g/mol. The number of ether oxygens (including phenoxy) is 1. The van der Waals surface area contributed by atoms with Gasteiger partial charge in [-0.3, -0.25) is 4.90 Å². The summed E-state index contributed by atoms with van der Waals surface area (Å²) in [6.07, 6.45) is 5.76. The Hall–Kier alpha value is -1.95. The fourth-order valence-corrected chi connectivity index (χ4v) is 3.00. The zero-order valence-electron chi connectivity index (χ0n) is 12.9. The Morgan fingerprint density at radius 2 is 2.09 bits per heavy atom. The summed E-state index contributed by atoms with van der Waals surface area (Å²) in [7, 11) is 0. The second kappa shape index (κ2) is 6.28. The molecule has 1 saturated carbocycles. The first-order valence-corrected chi connectivity index (χ1v) is 8.23. The smallest absolute Gasteiger partial charge is 0.250 e. The van der Waals surface area contributed by atoms with E-state index in [0.29, 0.717) is 5.92 Å². The quantitative estimate of drug-likeness (QED) is 0.848. The number of piperidine rings is 1. The Balaban J connectivity index is 1.27. The van der Waals surface area contributed by atoms with Crippen LogP contribution in [-0.4, -0.2) is 34.2 Å². The first-order valence-electron chi connectivity index (χ1n) is 8.23. The molecule has 0 N–H and O–H groups in total. The summed E-state index contributed by atoms with van der Waals surface area (Å²) in [4.78, 5) is 6.28. The van der Waals surface area contributed by atoms with E-state index in [2.05, 4.69) is 21.1 Å². The maximum atomic E-state index is 13.6. The van der Waals surface area contributed by atoms with E-state index < -0.39 is 5.82 Å². The van der Waals surface area contributed by atoms with Crippen molar-refractivity contribution in [3.05, 3.63) is 41.7 Å². The Labute approximate surface area is 134 Å². The molecule has 4 rings (SSSR count). The lowest BCUT2D eigenvalue weighted by atomic mass is 10.1. The molecule has 3 heterocycles. The van der Waals surface area contributed by atoms with E-state index in [1.54, 1.807) is 12.3 Å². The van der Waals surface area contributed by atoms with E-state index in [4.69, 9.17) is 9.26 Å². The number of hydrogen-bond acceptors (Lipinski definition) is 5. The van der Waals surface area contributed by atoms with Crippen LogP contribution in [0.2, 0.25) is 0 Å². The third-order valence-corrected chi connectivity index (χ3v) is 4.49. The summed E-state index contributed by atoms with van der Waals surface area (Å²) in [5.74, 6) is 1.27. The maximum Gasteiger partial charge on any atom is 0.250 e. The molecular formula is C17H20FN3O2. The normalized spacial score (nSPS) is 19.9. The number of likely N-dealkylation sites (tertiary alicyclic amines) is 1. The van der Waals surface area contributed by atoms with Crippen LogP contribution in [0.5, 0.6) is 5.88 Å². The molecule has 0 aromatic carbocycles. The van der Waals surface area contributed by atoms with Crippen LogP contribution in [0.25, 0.3) is 0 Å². The van der Waals surface area contributed by atoms with Crippen LogP contribution in [0.15, 0.2) is 28.9 Å². The molecule has 0 radical (unpaired) electrons. The van der Waals surface area contributed by atoms with E-state index in [0.717, 1.165) is 43.9 Å². The van der Waals surface area contributed by atoms with Crippen molar-refractivity contribution in [1.29, 1.82) is 0 Å². The highest BCUT2D eigenvalue weighted by Gasteiger charge is 2.28. The largest absolute Gasteiger partial charge is 0.472 e. The number of rotatable bonds is 5. The molecule has 1 saturated heterocycles. The fraction of sp³-hybridized carbons (Fsp3) is 0.529. The molecule has 2 aliphatic rings. The molecule has 0 atom stereocenters. The second-order valence-electron chi connectivity index (χ2n) is 6.38. The summed E-state index contributed by atoms with van der Waals surface area (Å²) < 4.78 is 24.7. The van der Waals surface area contributed by atoms with Crippen molar-refractivity contribution in [2.75, 3.05) is 13.1 Å². The van der Waals surface area contributed by atoms with Crippen LogP contribution < -0.4 is 4.74 Å². The number of nitrogens with zero attached hydrogens (tertiary/aromatic N) is 3. The third kappa shape index (κ3) is 3.52. The Morgan fingerprint density at radius 3 is 2.83 bits per heavy atom. The number of halogens is 1. The van der Waals surface area contributed by atoms with Gasteiger partial charge in [-0.1, -0.05) is 5.16 Å². The second-order valence-corrected chi connectivity index (χ2v) is 6.38. The predicted octanol–water partition coefficient (Wildman–Crippen LogP) is 3.13. The number of hydrogen-bond donors (Lipinski definition) is 0. The van der Waals surface area contributed by atoms with E-state index in [9.17, 15) is 4.39 Å². The van der Waals surface area contributed by atoms with Gasteiger partial charge < -0.3 is 9.26 Å². The first kappa shape index (κ1) is 14.6. The molecule has 2 fully saturated rings. The van der Waals surface area contributed by atoms with Crippen LogP contribution in [-0.2, 0) is 6.54 Å². The van der Waals surface area contributed by atoms with E-state index >= 15 is 0 Å². The van der Waals surface area contributed by atoms with Gasteiger partial charge in [0.2, 0.25) is 0 Å². The van der Waals surface area contributed by atoms with Gasteiger partial charge in [-0.15, -0.1) is 0 Å². The van der Waals surface area contributed by atoms with E-state index in [1.165, 1.54) is 18.9 Å². The summed E-state index contributed by atoms with van der Waals surface area (Å²) in [5.41, 5.74) is 1.10. The Kier molecular flexibility index (Phi) is 3.99. The molecule has 0 amide bonds. The minimum absolute atomic E-state index is 0.0207. The molecule has 0 spiro atoms. The van der Waals surface area contributed by atoms with Crippen molar-refractivity contribution in [3.8, 4) is 5.88 Å². The maximum absolute atomic E-state index is 13.6. The minimum atomic E-state index is -0.399. The van der Waals surface area contributed by atoms with E-state index in [1.807, 2.05) is 0 Å². The average Bonchev–Trinajstić information content (AvgIpc) is 3.32. The molecule has 23 heavy (non-hydrogen) atoms. The molecule has 2 aromatic heterocycles. The van der Waals surface area contributed by atoms with Crippen molar-refractivity contribution in [3.63, 3.8) is 0 Å². The standard InChI is InChI=1S/C17H20FN3O2/c18-15-2-1-7-19-17(15)22-13-5-8-21(9-6-13)11-14-10-16(20-23-14)12-3-4-12/h1-2,7,10,12-13H,3-6,8-9,11H2. The summed E-state index contributed by atoms with van der Waals surface area (Å²) >= 11 is 0. The van der Waals surface area contributed by atoms with Crippen LogP contribution in [0.1, 0.15) is 43.1 Å². The lowest BCUT2D eigenvalue weighted by Gasteiger charge is -2.31. The van der Waals surface area contributed by atoms with Crippen LogP contribution in [0.3, 0.4) is 0 Å². The molecule has 122 valence electrons. The highest BCUT2D eigenvalue weighted by atomic mass is 19.1. The Bertz CT molecular complexity index is 663. The van der Waals surface area contributed by atoms with Crippen molar-refractivity contribution in [1.82, 2.24) is 15.0 Å². The minimum Gasteiger partial charge on any atom is -0.472 e. The monoisotopic (exact) mass is 317 g/mol. The summed E-state index contributed by atoms with van der Waals surface area (Å²) in [5, 5.41) is 4.15. The fourth-order valence-electron chi connectivity index (χ4n) is 3.00. The molecule has 6 heteroatoms. The average molecular weight is 317 g/mol. The van der Waals surface area contributed by atoms with Gasteiger partial charge in [-0.25, -0.2) is 9.37 Å². The van der Waals surface area contributed by atoms with Gasteiger partial charge in [0.15, 0.2) is 11.6 Å². The highest BCUT2D eigenvalue weighted by Crippen LogP contribution is 2.39. The van der Waals surface area contributed by atoms with Crippen LogP contribution >= 0.6 is 0 Å². The number of pyridine rings is 1. The molecule has 1 aliphatic carbocycles. The van der Waals surface area contributed by atoms with Crippen molar-refractivity contribution < 1.29 is 13.7 Å². The van der Waals surface area contributed by atoms with E-state index in [-0.39, 0.29) is 12.0 Å². The lowest BCUT2D eigenvalue weighted by Crippen LogP contribution is -2.37. The van der Waals surface area contributed by atoms with Gasteiger partial charge in [0, 0.05) is 31.3 Å². The first-order chi connectivity index (χ1) is 11.3. The molecule has 2 aromatic rings. The molecule has 1 aliphatic heterocycles. The van der Waals surface area contributed by atoms with Gasteiger partial charge in [0.1, 0.15) is 6.10 Å². The lowest BCUT2D eigenvalue weighted by molar-refractivity contribution is 0.0848. The van der Waals surface area contributed by atoms with Gasteiger partial charge in [0.05, 0.1) is 12.2 Å². The van der Waals surface area contributed by atoms with Crippen molar-refractivity contribution >= 4 is 0 Å². The zero-order chi connectivity index (χ0) is 15.6. The van der Waals surface area contributed by atoms with Crippen molar-refractivity contribution in [2.24, 2.45) is 0 Å². The summed E-state index contributed by atoms with van der Waals surface area (Å²) in [6.45, 7) is 2.58. The van der Waals surface area contributed by atoms with Crippen molar-refractivity contribution in [2.45, 2.75) is 44.2 Å². The summed E-state index contributed by atoms with van der Waals surface area (Å²) in [6, 6.07) is 5.03.